The molecule has 6 nitrogen and oxygen atoms in total. The molecule has 2 aromatic rings. The molecule has 1 unspecified atom stereocenters. The van der Waals surface area contributed by atoms with E-state index in [1.807, 2.05) is 55.7 Å². The van der Waals surface area contributed by atoms with Crippen LogP contribution in [0, 0.1) is 6.92 Å². The van der Waals surface area contributed by atoms with E-state index in [2.05, 4.69) is 32.1 Å². The number of hydrogen-bond donors (Lipinski definition) is 1. The minimum absolute atomic E-state index is 0.309. The minimum atomic E-state index is -0.309. The van der Waals surface area contributed by atoms with E-state index in [9.17, 15) is 0 Å². The SMILES string of the molecule is Cc1ccc(Nc2nccc(C3(C)CN=C4C=CC=CN43)n2)nc1. The maximum absolute atomic E-state index is 4.70. The highest BCUT2D eigenvalue weighted by Gasteiger charge is 2.40. The number of aryl methyl sites for hydroxylation is 1. The van der Waals surface area contributed by atoms with E-state index in [0.29, 0.717) is 12.5 Å². The Bertz CT molecular complexity index is 852. The van der Waals surface area contributed by atoms with Gasteiger partial charge < -0.3 is 10.2 Å². The molecule has 1 atom stereocenters. The Morgan fingerprint density at radius 3 is 2.92 bits per heavy atom. The molecule has 0 aromatic carbocycles. The Hall–Kier alpha value is -3.02. The number of anilines is 2. The van der Waals surface area contributed by atoms with Crippen LogP contribution in [0.4, 0.5) is 11.8 Å². The lowest BCUT2D eigenvalue weighted by molar-refractivity contribution is 0.289. The number of fused-ring (bicyclic) bond motifs is 1. The first-order valence-corrected chi connectivity index (χ1v) is 7.87. The number of nitrogens with one attached hydrogen (secondary N) is 1. The molecule has 2 aliphatic rings. The van der Waals surface area contributed by atoms with Crippen molar-refractivity contribution < 1.29 is 0 Å². The molecule has 0 bridgehead atoms. The number of allylic oxidation sites excluding steroid dienone is 2. The summed E-state index contributed by atoms with van der Waals surface area (Å²) in [4.78, 5) is 20.1. The molecular weight excluding hydrogens is 300 g/mol. The van der Waals surface area contributed by atoms with E-state index in [-0.39, 0.29) is 5.54 Å². The fourth-order valence-electron chi connectivity index (χ4n) is 2.87. The van der Waals surface area contributed by atoms with E-state index in [1.165, 1.54) is 0 Å². The van der Waals surface area contributed by atoms with Gasteiger partial charge in [-0.1, -0.05) is 12.1 Å². The van der Waals surface area contributed by atoms with Gasteiger partial charge in [0.1, 0.15) is 17.2 Å². The van der Waals surface area contributed by atoms with Crippen LogP contribution in [0.5, 0.6) is 0 Å². The number of aliphatic imine (C=N–C) groups is 1. The van der Waals surface area contributed by atoms with Crippen LogP contribution in [0.25, 0.3) is 0 Å². The van der Waals surface area contributed by atoms with Crippen molar-refractivity contribution in [1.82, 2.24) is 19.9 Å². The summed E-state index contributed by atoms with van der Waals surface area (Å²) >= 11 is 0. The van der Waals surface area contributed by atoms with Gasteiger partial charge in [-0.15, -0.1) is 0 Å². The first-order valence-electron chi connectivity index (χ1n) is 7.87. The summed E-state index contributed by atoms with van der Waals surface area (Å²) in [5.74, 6) is 2.23. The molecule has 6 heteroatoms. The second-order valence-corrected chi connectivity index (χ2v) is 6.13. The molecule has 120 valence electrons. The second kappa shape index (κ2) is 5.56. The normalized spacial score (nSPS) is 21.6. The minimum Gasteiger partial charge on any atom is -0.320 e. The lowest BCUT2D eigenvalue weighted by atomic mass is 9.96. The van der Waals surface area contributed by atoms with Crippen molar-refractivity contribution in [1.29, 1.82) is 0 Å². The average Bonchev–Trinajstić information content (AvgIpc) is 2.96. The Labute approximate surface area is 140 Å². The number of aromatic nitrogens is 3. The summed E-state index contributed by atoms with van der Waals surface area (Å²) in [5, 5.41) is 3.16. The predicted molar refractivity (Wildman–Crippen MR) is 94.1 cm³/mol. The molecule has 0 saturated carbocycles. The third-order valence-electron chi connectivity index (χ3n) is 4.28. The van der Waals surface area contributed by atoms with Gasteiger partial charge in [0.15, 0.2) is 0 Å². The number of amidine groups is 1. The maximum Gasteiger partial charge on any atom is 0.228 e. The smallest absolute Gasteiger partial charge is 0.228 e. The van der Waals surface area contributed by atoms with Crippen molar-refractivity contribution in [3.8, 4) is 0 Å². The summed E-state index contributed by atoms with van der Waals surface area (Å²) in [7, 11) is 0. The highest BCUT2D eigenvalue weighted by atomic mass is 15.3. The van der Waals surface area contributed by atoms with Crippen molar-refractivity contribution >= 4 is 17.6 Å². The van der Waals surface area contributed by atoms with Crippen LogP contribution in [0.1, 0.15) is 18.2 Å². The van der Waals surface area contributed by atoms with Gasteiger partial charge in [-0.25, -0.2) is 15.0 Å². The van der Waals surface area contributed by atoms with Gasteiger partial charge in [0.2, 0.25) is 5.95 Å². The Morgan fingerprint density at radius 2 is 2.08 bits per heavy atom. The Balaban J connectivity index is 1.62. The third-order valence-corrected chi connectivity index (χ3v) is 4.28. The molecule has 1 N–H and O–H groups in total. The van der Waals surface area contributed by atoms with Crippen molar-refractivity contribution in [2.75, 3.05) is 11.9 Å². The van der Waals surface area contributed by atoms with E-state index < -0.39 is 0 Å². The van der Waals surface area contributed by atoms with Crippen LogP contribution in [0.2, 0.25) is 0 Å². The zero-order chi connectivity index (χ0) is 16.6. The van der Waals surface area contributed by atoms with Gasteiger partial charge in [0.25, 0.3) is 0 Å². The van der Waals surface area contributed by atoms with Crippen molar-refractivity contribution in [2.45, 2.75) is 19.4 Å². The molecule has 24 heavy (non-hydrogen) atoms. The second-order valence-electron chi connectivity index (χ2n) is 6.13. The summed E-state index contributed by atoms with van der Waals surface area (Å²) in [6.45, 7) is 4.81. The molecule has 2 aromatic heterocycles. The van der Waals surface area contributed by atoms with Crippen LogP contribution in [0.15, 0.2) is 60.0 Å². The summed E-state index contributed by atoms with van der Waals surface area (Å²) in [6.07, 6.45) is 11.7. The zero-order valence-electron chi connectivity index (χ0n) is 13.6. The molecule has 4 rings (SSSR count). The van der Waals surface area contributed by atoms with E-state index in [1.54, 1.807) is 6.20 Å². The van der Waals surface area contributed by atoms with Crippen LogP contribution in [-0.2, 0) is 5.54 Å². The highest BCUT2D eigenvalue weighted by Crippen LogP contribution is 2.34. The van der Waals surface area contributed by atoms with Gasteiger partial charge in [-0.2, -0.15) is 0 Å². The zero-order valence-corrected chi connectivity index (χ0v) is 13.6. The Morgan fingerprint density at radius 1 is 1.17 bits per heavy atom. The number of rotatable bonds is 3. The van der Waals surface area contributed by atoms with Gasteiger partial charge in [-0.3, -0.25) is 4.99 Å². The molecule has 0 aliphatic carbocycles. The predicted octanol–water partition coefficient (Wildman–Crippen LogP) is 2.94. The third kappa shape index (κ3) is 2.46. The van der Waals surface area contributed by atoms with Crippen molar-refractivity contribution in [3.05, 3.63) is 66.3 Å². The standard InChI is InChI=1S/C18H18N6/c1-13-6-7-15(20-11-13)23-17-19-9-8-14(22-17)18(2)12-21-16-5-3-4-10-24(16)18/h3-11H,12H2,1-2H3,(H,19,20,22,23). The number of hydrogen-bond acceptors (Lipinski definition) is 6. The molecule has 0 saturated heterocycles. The summed E-state index contributed by atoms with van der Waals surface area (Å²) < 4.78 is 0. The maximum atomic E-state index is 4.70. The van der Waals surface area contributed by atoms with Crippen LogP contribution in [0.3, 0.4) is 0 Å². The Kier molecular flexibility index (Phi) is 3.37. The highest BCUT2D eigenvalue weighted by molar-refractivity contribution is 5.97. The fourth-order valence-corrected chi connectivity index (χ4v) is 2.87. The fraction of sp³-hybridized carbons (Fsp3) is 0.222. The molecular formula is C18H18N6. The number of pyridine rings is 1. The lowest BCUT2D eigenvalue weighted by Crippen LogP contribution is -2.42. The van der Waals surface area contributed by atoms with E-state index in [4.69, 9.17) is 4.98 Å². The molecule has 0 radical (unpaired) electrons. The van der Waals surface area contributed by atoms with Crippen LogP contribution < -0.4 is 5.32 Å². The summed E-state index contributed by atoms with van der Waals surface area (Å²) in [6, 6.07) is 5.86. The molecule has 4 heterocycles. The largest absolute Gasteiger partial charge is 0.320 e. The van der Waals surface area contributed by atoms with E-state index in [0.717, 1.165) is 22.9 Å². The number of nitrogens with zero attached hydrogens (tertiary/aromatic N) is 5. The topological polar surface area (TPSA) is 66.3 Å². The first-order chi connectivity index (χ1) is 11.6. The van der Waals surface area contributed by atoms with Gasteiger partial charge in [0.05, 0.1) is 12.2 Å². The van der Waals surface area contributed by atoms with Crippen molar-refractivity contribution in [2.24, 2.45) is 4.99 Å². The quantitative estimate of drug-likeness (QED) is 0.942. The molecule has 2 aliphatic heterocycles. The average molecular weight is 318 g/mol. The van der Waals surface area contributed by atoms with Gasteiger partial charge >= 0.3 is 0 Å². The van der Waals surface area contributed by atoms with Crippen LogP contribution >= 0.6 is 0 Å². The van der Waals surface area contributed by atoms with E-state index >= 15 is 0 Å². The molecule has 0 amide bonds. The van der Waals surface area contributed by atoms with Crippen molar-refractivity contribution in [3.63, 3.8) is 0 Å². The van der Waals surface area contributed by atoms with Gasteiger partial charge in [-0.05, 0) is 43.7 Å². The molecule has 0 spiro atoms. The molecule has 0 fully saturated rings. The lowest BCUT2D eigenvalue weighted by Gasteiger charge is -2.34. The monoisotopic (exact) mass is 318 g/mol. The van der Waals surface area contributed by atoms with Gasteiger partial charge in [0, 0.05) is 18.6 Å². The first kappa shape index (κ1) is 14.6. The summed E-state index contributed by atoms with van der Waals surface area (Å²) in [5.41, 5.74) is 1.73. The van der Waals surface area contributed by atoms with Crippen LogP contribution in [-0.4, -0.2) is 32.2 Å².